The lowest BCUT2D eigenvalue weighted by Gasteiger charge is -2.10. The van der Waals surface area contributed by atoms with Crippen LogP contribution in [-0.4, -0.2) is 37.1 Å². The summed E-state index contributed by atoms with van der Waals surface area (Å²) in [5.41, 5.74) is 3.58. The van der Waals surface area contributed by atoms with Crippen molar-refractivity contribution < 1.29 is 9.59 Å². The standard InChI is InChI=1S/C22H21N5O2S/c1-3-6-18(28)23-15-11-9-14(10-12-15)20(29)13(2)30-22-25-21-19(26-27-22)16-7-4-5-8-17(16)24-21/h4-5,7-13H,3,6H2,1-2H3,(H,23,28)(H,24,25,27)/t13-/m1/s1. The van der Waals surface area contributed by atoms with E-state index >= 15 is 0 Å². The van der Waals surface area contributed by atoms with Gasteiger partial charge in [-0.1, -0.05) is 36.9 Å². The molecule has 2 heterocycles. The van der Waals surface area contributed by atoms with E-state index in [2.05, 4.69) is 25.5 Å². The number of aromatic nitrogens is 4. The van der Waals surface area contributed by atoms with Gasteiger partial charge in [-0.3, -0.25) is 9.59 Å². The zero-order chi connectivity index (χ0) is 21.1. The van der Waals surface area contributed by atoms with E-state index in [9.17, 15) is 9.59 Å². The molecule has 0 radical (unpaired) electrons. The highest BCUT2D eigenvalue weighted by molar-refractivity contribution is 8.00. The number of amides is 1. The van der Waals surface area contributed by atoms with Gasteiger partial charge < -0.3 is 10.3 Å². The van der Waals surface area contributed by atoms with E-state index < -0.39 is 0 Å². The van der Waals surface area contributed by atoms with Crippen LogP contribution >= 0.6 is 11.8 Å². The molecule has 0 aliphatic carbocycles. The van der Waals surface area contributed by atoms with Crippen molar-refractivity contribution in [1.29, 1.82) is 0 Å². The molecule has 2 aromatic carbocycles. The number of ketones is 1. The maximum atomic E-state index is 12.8. The van der Waals surface area contributed by atoms with Gasteiger partial charge in [0.15, 0.2) is 11.4 Å². The molecule has 0 aliphatic rings. The Balaban J connectivity index is 1.46. The first-order valence-electron chi connectivity index (χ1n) is 9.77. The smallest absolute Gasteiger partial charge is 0.224 e. The number of benzene rings is 2. The van der Waals surface area contributed by atoms with Crippen molar-refractivity contribution in [3.05, 3.63) is 54.1 Å². The molecular formula is C22H21N5O2S. The molecule has 0 bridgehead atoms. The molecule has 1 amide bonds. The van der Waals surface area contributed by atoms with Gasteiger partial charge in [-0.15, -0.1) is 10.2 Å². The molecule has 4 rings (SSSR count). The number of hydrogen-bond donors (Lipinski definition) is 2. The van der Waals surface area contributed by atoms with Crippen molar-refractivity contribution in [2.45, 2.75) is 37.1 Å². The van der Waals surface area contributed by atoms with Crippen LogP contribution in [0.4, 0.5) is 5.69 Å². The van der Waals surface area contributed by atoms with Gasteiger partial charge in [-0.2, -0.15) is 0 Å². The van der Waals surface area contributed by atoms with Gasteiger partial charge in [0.05, 0.1) is 5.25 Å². The highest BCUT2D eigenvalue weighted by Gasteiger charge is 2.19. The quantitative estimate of drug-likeness (QED) is 0.335. The van der Waals surface area contributed by atoms with Gasteiger partial charge in [-0.25, -0.2) is 4.98 Å². The van der Waals surface area contributed by atoms with Crippen molar-refractivity contribution >= 4 is 51.2 Å². The van der Waals surface area contributed by atoms with Crippen LogP contribution in [0.15, 0.2) is 53.7 Å². The van der Waals surface area contributed by atoms with E-state index in [1.54, 1.807) is 24.3 Å². The third kappa shape index (κ3) is 4.18. The van der Waals surface area contributed by atoms with Crippen LogP contribution in [0.3, 0.4) is 0 Å². The Morgan fingerprint density at radius 1 is 1.10 bits per heavy atom. The first kappa shape index (κ1) is 20.0. The summed E-state index contributed by atoms with van der Waals surface area (Å²) >= 11 is 1.27. The Labute approximate surface area is 177 Å². The van der Waals surface area contributed by atoms with Crippen molar-refractivity contribution in [2.75, 3.05) is 5.32 Å². The van der Waals surface area contributed by atoms with Crippen molar-refractivity contribution in [2.24, 2.45) is 0 Å². The first-order valence-corrected chi connectivity index (χ1v) is 10.6. The summed E-state index contributed by atoms with van der Waals surface area (Å²) in [5.74, 6) is -0.0655. The lowest BCUT2D eigenvalue weighted by Crippen LogP contribution is -2.15. The predicted octanol–water partition coefficient (Wildman–Crippen LogP) is 4.61. The number of Topliss-reactive ketones (excluding diaryl/α,β-unsaturated/α-hetero) is 1. The van der Waals surface area contributed by atoms with Gasteiger partial charge >= 0.3 is 0 Å². The third-order valence-corrected chi connectivity index (χ3v) is 5.64. The minimum atomic E-state index is -0.380. The monoisotopic (exact) mass is 419 g/mol. The van der Waals surface area contributed by atoms with Gasteiger partial charge in [0.1, 0.15) is 5.52 Å². The molecule has 7 nitrogen and oxygen atoms in total. The number of rotatable bonds is 7. The summed E-state index contributed by atoms with van der Waals surface area (Å²) in [6, 6.07) is 14.8. The molecule has 2 aromatic heterocycles. The normalized spacial score (nSPS) is 12.2. The number of carbonyl (C=O) groups excluding carboxylic acids is 2. The fraction of sp³-hybridized carbons (Fsp3) is 0.227. The molecular weight excluding hydrogens is 398 g/mol. The molecule has 8 heteroatoms. The number of carbonyl (C=O) groups is 2. The number of hydrogen-bond acceptors (Lipinski definition) is 6. The highest BCUT2D eigenvalue weighted by atomic mass is 32.2. The number of para-hydroxylation sites is 1. The number of H-pyrrole nitrogens is 1. The largest absolute Gasteiger partial charge is 0.338 e. The van der Waals surface area contributed by atoms with Crippen molar-refractivity contribution in [1.82, 2.24) is 20.2 Å². The fourth-order valence-corrected chi connectivity index (χ4v) is 3.96. The summed E-state index contributed by atoms with van der Waals surface area (Å²) < 4.78 is 0. The molecule has 4 aromatic rings. The minimum absolute atomic E-state index is 0.0301. The maximum absolute atomic E-state index is 12.8. The van der Waals surface area contributed by atoms with Gasteiger partial charge in [0.25, 0.3) is 0 Å². The average molecular weight is 420 g/mol. The Hall–Kier alpha value is -3.26. The Morgan fingerprint density at radius 3 is 2.63 bits per heavy atom. The number of thioether (sulfide) groups is 1. The minimum Gasteiger partial charge on any atom is -0.338 e. The molecule has 1 atom stereocenters. The predicted molar refractivity (Wildman–Crippen MR) is 119 cm³/mol. The van der Waals surface area contributed by atoms with Crippen LogP contribution in [0.1, 0.15) is 37.0 Å². The molecule has 0 unspecified atom stereocenters. The van der Waals surface area contributed by atoms with E-state index in [1.807, 2.05) is 38.1 Å². The number of nitrogens with one attached hydrogen (secondary N) is 2. The fourth-order valence-electron chi connectivity index (χ4n) is 3.17. The number of nitrogens with zero attached hydrogens (tertiary/aromatic N) is 3. The van der Waals surface area contributed by atoms with Gasteiger partial charge in [0.2, 0.25) is 11.1 Å². The SMILES string of the molecule is CCCC(=O)Nc1ccc(C(=O)[C@@H](C)Sc2nnc3c(n2)[nH]c2ccccc23)cc1. The number of fused-ring (bicyclic) bond motifs is 3. The van der Waals surface area contributed by atoms with E-state index in [1.165, 1.54) is 11.8 Å². The Bertz CT molecular complexity index is 1220. The van der Waals surface area contributed by atoms with Crippen LogP contribution < -0.4 is 5.32 Å². The van der Waals surface area contributed by atoms with E-state index in [-0.39, 0.29) is 16.9 Å². The number of anilines is 1. The van der Waals surface area contributed by atoms with Crippen molar-refractivity contribution in [3.63, 3.8) is 0 Å². The Kier molecular flexibility index (Phi) is 5.76. The molecule has 0 aliphatic heterocycles. The second-order valence-electron chi connectivity index (χ2n) is 6.96. The highest BCUT2D eigenvalue weighted by Crippen LogP contribution is 2.26. The Morgan fingerprint density at radius 2 is 1.87 bits per heavy atom. The lowest BCUT2D eigenvalue weighted by atomic mass is 10.1. The first-order chi connectivity index (χ1) is 14.5. The molecule has 0 saturated carbocycles. The van der Waals surface area contributed by atoms with Crippen molar-refractivity contribution in [3.8, 4) is 0 Å². The second kappa shape index (κ2) is 8.62. The van der Waals surface area contributed by atoms with Crippen LogP contribution in [0.5, 0.6) is 0 Å². The molecule has 152 valence electrons. The summed E-state index contributed by atoms with van der Waals surface area (Å²) in [6.45, 7) is 3.78. The van der Waals surface area contributed by atoms with E-state index in [0.29, 0.717) is 28.5 Å². The van der Waals surface area contributed by atoms with Gasteiger partial charge in [0, 0.05) is 28.6 Å². The summed E-state index contributed by atoms with van der Waals surface area (Å²) in [4.78, 5) is 32.3. The molecule has 2 N–H and O–H groups in total. The van der Waals surface area contributed by atoms with Crippen LogP contribution in [0.2, 0.25) is 0 Å². The van der Waals surface area contributed by atoms with Crippen LogP contribution in [-0.2, 0) is 4.79 Å². The third-order valence-electron chi connectivity index (χ3n) is 4.68. The average Bonchev–Trinajstić information content (AvgIpc) is 3.11. The van der Waals surface area contributed by atoms with Crippen LogP contribution in [0.25, 0.3) is 22.1 Å². The second-order valence-corrected chi connectivity index (χ2v) is 8.27. The zero-order valence-electron chi connectivity index (χ0n) is 16.7. The topological polar surface area (TPSA) is 101 Å². The van der Waals surface area contributed by atoms with E-state index in [4.69, 9.17) is 0 Å². The molecule has 30 heavy (non-hydrogen) atoms. The number of aromatic amines is 1. The summed E-state index contributed by atoms with van der Waals surface area (Å²) in [5, 5.41) is 12.3. The summed E-state index contributed by atoms with van der Waals surface area (Å²) in [6.07, 6.45) is 1.27. The molecule has 0 spiro atoms. The van der Waals surface area contributed by atoms with E-state index in [0.717, 1.165) is 22.8 Å². The molecule has 0 saturated heterocycles. The zero-order valence-corrected chi connectivity index (χ0v) is 17.5. The van der Waals surface area contributed by atoms with Crippen LogP contribution in [0, 0.1) is 0 Å². The summed E-state index contributed by atoms with van der Waals surface area (Å²) in [7, 11) is 0. The van der Waals surface area contributed by atoms with Gasteiger partial charge in [-0.05, 0) is 43.7 Å². The maximum Gasteiger partial charge on any atom is 0.224 e. The molecule has 0 fully saturated rings. The lowest BCUT2D eigenvalue weighted by molar-refractivity contribution is -0.116.